The first-order valence-corrected chi connectivity index (χ1v) is 8.56. The average molecular weight is 383 g/mol. The standard InChI is InChI=1S/C18H17N5O5/c1-19-16-13-17(22-12(21-16)5-4-9-3-2-6-28-9)23(8-20-13)11-7-10(18(26)27)14(24)15(11)25/h2-3,6,8,10-11,14-15,24-25H,7H2,1H3,(H,26,27)(H,19,21,22)/t10-,11+,14+,15-/m0/s1. The summed E-state index contributed by atoms with van der Waals surface area (Å²) in [5.41, 5.74) is 0.830. The molecular weight excluding hydrogens is 366 g/mol. The third-order valence-corrected chi connectivity index (χ3v) is 4.80. The molecule has 0 radical (unpaired) electrons. The van der Waals surface area contributed by atoms with Crippen LogP contribution in [0.5, 0.6) is 0 Å². The molecule has 1 aliphatic rings. The fourth-order valence-corrected chi connectivity index (χ4v) is 3.39. The lowest BCUT2D eigenvalue weighted by Crippen LogP contribution is -2.32. The van der Waals surface area contributed by atoms with E-state index in [0.29, 0.717) is 22.7 Å². The van der Waals surface area contributed by atoms with E-state index in [4.69, 9.17) is 4.42 Å². The van der Waals surface area contributed by atoms with Gasteiger partial charge in [-0.25, -0.2) is 15.0 Å². The minimum atomic E-state index is -1.37. The molecule has 0 bridgehead atoms. The van der Waals surface area contributed by atoms with Crippen LogP contribution in [0, 0.1) is 17.8 Å². The number of carboxylic acids is 1. The van der Waals surface area contributed by atoms with Gasteiger partial charge in [0.05, 0.1) is 30.7 Å². The van der Waals surface area contributed by atoms with Gasteiger partial charge in [-0.15, -0.1) is 0 Å². The molecule has 0 unspecified atom stereocenters. The summed E-state index contributed by atoms with van der Waals surface area (Å²) in [6, 6.07) is 2.73. The van der Waals surface area contributed by atoms with E-state index in [1.54, 1.807) is 23.7 Å². The number of aliphatic hydroxyl groups excluding tert-OH is 2. The maximum Gasteiger partial charge on any atom is 0.309 e. The predicted octanol–water partition coefficient (Wildman–Crippen LogP) is 0.228. The van der Waals surface area contributed by atoms with Crippen LogP contribution in [0.4, 0.5) is 5.82 Å². The number of aliphatic hydroxyl groups is 2. The Kier molecular flexibility index (Phi) is 4.46. The molecule has 3 aromatic rings. The number of nitrogens with one attached hydrogen (secondary N) is 1. The summed E-state index contributed by atoms with van der Waals surface area (Å²) >= 11 is 0. The van der Waals surface area contributed by atoms with Gasteiger partial charge in [-0.3, -0.25) is 4.79 Å². The summed E-state index contributed by atoms with van der Waals surface area (Å²) in [5, 5.41) is 32.6. The number of fused-ring (bicyclic) bond motifs is 1. The number of hydrogen-bond acceptors (Lipinski definition) is 8. The highest BCUT2D eigenvalue weighted by Crippen LogP contribution is 2.37. The molecule has 0 aromatic carbocycles. The molecule has 3 aromatic heterocycles. The van der Waals surface area contributed by atoms with Crippen molar-refractivity contribution in [3.8, 4) is 11.8 Å². The third-order valence-electron chi connectivity index (χ3n) is 4.80. The minimum absolute atomic E-state index is 0.0510. The zero-order valence-corrected chi connectivity index (χ0v) is 14.8. The molecule has 4 N–H and O–H groups in total. The van der Waals surface area contributed by atoms with Gasteiger partial charge in [-0.05, 0) is 30.4 Å². The Bertz CT molecular complexity index is 1080. The van der Waals surface area contributed by atoms with Crippen molar-refractivity contribution in [1.82, 2.24) is 19.5 Å². The quantitative estimate of drug-likeness (QED) is 0.467. The van der Waals surface area contributed by atoms with Crippen molar-refractivity contribution in [1.29, 1.82) is 0 Å². The molecular formula is C18H17N5O5. The van der Waals surface area contributed by atoms with Gasteiger partial charge in [0.25, 0.3) is 0 Å². The molecule has 4 atom stereocenters. The zero-order valence-electron chi connectivity index (χ0n) is 14.8. The van der Waals surface area contributed by atoms with Crippen LogP contribution in [0.2, 0.25) is 0 Å². The lowest BCUT2D eigenvalue weighted by atomic mass is 10.1. The lowest BCUT2D eigenvalue weighted by Gasteiger charge is -2.18. The van der Waals surface area contributed by atoms with E-state index in [0.717, 1.165) is 0 Å². The number of carbonyl (C=O) groups is 1. The highest BCUT2D eigenvalue weighted by molar-refractivity contribution is 5.83. The van der Waals surface area contributed by atoms with Gasteiger partial charge in [0.15, 0.2) is 22.7 Å². The summed E-state index contributed by atoms with van der Waals surface area (Å²) in [6.45, 7) is 0. The zero-order chi connectivity index (χ0) is 19.8. The van der Waals surface area contributed by atoms with Crippen molar-refractivity contribution < 1.29 is 24.5 Å². The van der Waals surface area contributed by atoms with Gasteiger partial charge in [0.1, 0.15) is 6.10 Å². The van der Waals surface area contributed by atoms with Crippen LogP contribution in [0.1, 0.15) is 24.0 Å². The topological polar surface area (TPSA) is 147 Å². The number of rotatable bonds is 3. The number of anilines is 1. The smallest absolute Gasteiger partial charge is 0.309 e. The number of imidazole rings is 1. The van der Waals surface area contributed by atoms with Crippen LogP contribution >= 0.6 is 0 Å². The molecule has 0 saturated heterocycles. The lowest BCUT2D eigenvalue weighted by molar-refractivity contribution is -0.145. The average Bonchev–Trinajstić information content (AvgIpc) is 3.40. The Morgan fingerprint density at radius 2 is 2.14 bits per heavy atom. The Morgan fingerprint density at radius 1 is 1.32 bits per heavy atom. The second kappa shape index (κ2) is 6.95. The molecule has 0 aliphatic heterocycles. The van der Waals surface area contributed by atoms with E-state index in [1.807, 2.05) is 0 Å². The maximum absolute atomic E-state index is 11.3. The van der Waals surface area contributed by atoms with Crippen LogP contribution < -0.4 is 5.32 Å². The van der Waals surface area contributed by atoms with Crippen molar-refractivity contribution in [2.75, 3.05) is 12.4 Å². The first-order valence-electron chi connectivity index (χ1n) is 8.56. The number of furan rings is 1. The molecule has 10 heteroatoms. The summed E-state index contributed by atoms with van der Waals surface area (Å²) in [7, 11) is 1.68. The molecule has 144 valence electrons. The van der Waals surface area contributed by atoms with Crippen LogP contribution in [-0.2, 0) is 4.79 Å². The Labute approximate surface area is 158 Å². The molecule has 1 saturated carbocycles. The summed E-state index contributed by atoms with van der Waals surface area (Å²) in [4.78, 5) is 24.3. The fourth-order valence-electron chi connectivity index (χ4n) is 3.39. The normalized spacial score (nSPS) is 24.1. The van der Waals surface area contributed by atoms with E-state index in [-0.39, 0.29) is 12.2 Å². The summed E-state index contributed by atoms with van der Waals surface area (Å²) in [5.74, 6) is 4.51. The molecule has 0 spiro atoms. The first-order chi connectivity index (χ1) is 13.5. The number of hydrogen-bond donors (Lipinski definition) is 4. The molecule has 10 nitrogen and oxygen atoms in total. The predicted molar refractivity (Wildman–Crippen MR) is 96.4 cm³/mol. The van der Waals surface area contributed by atoms with Crippen molar-refractivity contribution in [3.63, 3.8) is 0 Å². The van der Waals surface area contributed by atoms with Crippen molar-refractivity contribution in [2.24, 2.45) is 5.92 Å². The highest BCUT2D eigenvalue weighted by Gasteiger charge is 2.46. The maximum atomic E-state index is 11.3. The van der Waals surface area contributed by atoms with Crippen molar-refractivity contribution >= 4 is 23.0 Å². The van der Waals surface area contributed by atoms with Crippen molar-refractivity contribution in [3.05, 3.63) is 36.3 Å². The van der Waals surface area contributed by atoms with Crippen LogP contribution in [0.3, 0.4) is 0 Å². The van der Waals surface area contributed by atoms with Gasteiger partial charge in [0.2, 0.25) is 5.82 Å². The van der Waals surface area contributed by atoms with Gasteiger partial charge in [-0.1, -0.05) is 0 Å². The second-order valence-electron chi connectivity index (χ2n) is 6.43. The Hall–Kier alpha value is -3.42. The van der Waals surface area contributed by atoms with Crippen molar-refractivity contribution in [2.45, 2.75) is 24.7 Å². The Morgan fingerprint density at radius 3 is 2.79 bits per heavy atom. The van der Waals surface area contributed by atoms with Crippen LogP contribution in [0.25, 0.3) is 11.2 Å². The number of carboxylic acid groups (broad SMARTS) is 1. The SMILES string of the molecule is CNc1nc(C#Cc2ccco2)nc2c1ncn2[C@@H]1C[C@H](C(=O)O)[C@@H](O)[C@H]1O. The molecule has 28 heavy (non-hydrogen) atoms. The van der Waals surface area contributed by atoms with E-state index >= 15 is 0 Å². The number of nitrogens with zero attached hydrogens (tertiary/aromatic N) is 4. The van der Waals surface area contributed by atoms with Crippen LogP contribution in [-0.4, -0.2) is 60.1 Å². The van der Waals surface area contributed by atoms with E-state index in [9.17, 15) is 20.1 Å². The van der Waals surface area contributed by atoms with Gasteiger partial charge >= 0.3 is 5.97 Å². The van der Waals surface area contributed by atoms with Gasteiger partial charge < -0.3 is 29.6 Å². The molecule has 1 fully saturated rings. The summed E-state index contributed by atoms with van der Waals surface area (Å²) in [6.07, 6.45) is 0.380. The number of aliphatic carboxylic acids is 1. The van der Waals surface area contributed by atoms with Crippen LogP contribution in [0.15, 0.2) is 29.1 Å². The third kappa shape index (κ3) is 2.96. The van der Waals surface area contributed by atoms with E-state index in [1.165, 1.54) is 12.6 Å². The van der Waals surface area contributed by atoms with Gasteiger partial charge in [-0.2, -0.15) is 0 Å². The minimum Gasteiger partial charge on any atom is -0.481 e. The molecule has 1 aliphatic carbocycles. The molecule has 0 amide bonds. The monoisotopic (exact) mass is 383 g/mol. The second-order valence-corrected chi connectivity index (χ2v) is 6.43. The first kappa shape index (κ1) is 18.0. The largest absolute Gasteiger partial charge is 0.481 e. The number of aromatic nitrogens is 4. The molecule has 4 rings (SSSR count). The highest BCUT2D eigenvalue weighted by atomic mass is 16.4. The van der Waals surface area contributed by atoms with E-state index in [2.05, 4.69) is 32.1 Å². The van der Waals surface area contributed by atoms with E-state index < -0.39 is 30.1 Å². The summed E-state index contributed by atoms with van der Waals surface area (Å²) < 4.78 is 6.73. The van der Waals surface area contributed by atoms with Gasteiger partial charge in [0, 0.05) is 7.05 Å². The fraction of sp³-hybridized carbons (Fsp3) is 0.333. The molecule has 3 heterocycles. The Balaban J connectivity index is 1.78.